The first-order chi connectivity index (χ1) is 23.0. The number of ether oxygens (including phenoxy) is 1. The molecule has 4 atom stereocenters. The number of fused-ring (bicyclic) bond motifs is 2. The lowest BCUT2D eigenvalue weighted by Crippen LogP contribution is -2.45. The van der Waals surface area contributed by atoms with Crippen LogP contribution in [0.4, 0.5) is 17.1 Å². The zero-order valence-corrected chi connectivity index (χ0v) is 28.4. The molecule has 248 valence electrons. The predicted molar refractivity (Wildman–Crippen MR) is 187 cm³/mol. The first kappa shape index (κ1) is 33.3. The van der Waals surface area contributed by atoms with Gasteiger partial charge < -0.3 is 24.9 Å². The van der Waals surface area contributed by atoms with Gasteiger partial charge in [0.1, 0.15) is 0 Å². The Hall–Kier alpha value is -4.61. The summed E-state index contributed by atoms with van der Waals surface area (Å²) in [5, 5.41) is 12.8. The van der Waals surface area contributed by atoms with E-state index in [0.29, 0.717) is 34.7 Å². The fourth-order valence-corrected chi connectivity index (χ4v) is 9.98. The Bertz CT molecular complexity index is 1780. The summed E-state index contributed by atoms with van der Waals surface area (Å²) in [4.78, 5) is 56.9. The summed E-state index contributed by atoms with van der Waals surface area (Å²) in [5.41, 5.74) is 1.75. The normalized spacial score (nSPS) is 21.7. The number of amides is 3. The van der Waals surface area contributed by atoms with Crippen LogP contribution in [0.2, 0.25) is 18.6 Å². The molecule has 2 heterocycles. The van der Waals surface area contributed by atoms with Gasteiger partial charge in [-0.25, -0.2) is 0 Å². The number of hydrogen-bond donors (Lipinski definition) is 3. The molecular formula is C38H41N3O6Si. The second kappa shape index (κ2) is 13.5. The van der Waals surface area contributed by atoms with Gasteiger partial charge >= 0.3 is 0 Å². The highest BCUT2D eigenvalue weighted by molar-refractivity contribution is 6.71. The second-order valence-electron chi connectivity index (χ2n) is 13.1. The number of aliphatic hydroxyl groups is 1. The molecule has 0 radical (unpaired) electrons. The van der Waals surface area contributed by atoms with Gasteiger partial charge in [0.2, 0.25) is 5.91 Å². The van der Waals surface area contributed by atoms with E-state index in [4.69, 9.17) is 4.74 Å². The van der Waals surface area contributed by atoms with Crippen molar-refractivity contribution in [2.75, 3.05) is 23.4 Å². The zero-order chi connectivity index (χ0) is 34.1. The zero-order valence-electron chi connectivity index (χ0n) is 27.4. The molecule has 3 amide bonds. The summed E-state index contributed by atoms with van der Waals surface area (Å²) >= 11 is 0. The number of para-hydroxylation sites is 1. The highest BCUT2D eigenvalue weighted by atomic mass is 28.4. The Morgan fingerprint density at radius 3 is 2.19 bits per heavy atom. The third kappa shape index (κ3) is 6.20. The number of rotatable bonds is 10. The van der Waals surface area contributed by atoms with Crippen LogP contribution < -0.4 is 10.2 Å². The quantitative estimate of drug-likeness (QED) is 0.184. The van der Waals surface area contributed by atoms with Gasteiger partial charge in [0, 0.05) is 47.1 Å². The van der Waals surface area contributed by atoms with E-state index in [9.17, 15) is 24.3 Å². The molecule has 2 aliphatic heterocycles. The number of anilines is 3. The highest BCUT2D eigenvalue weighted by Gasteiger charge is 2.66. The number of aliphatic hydroxyl groups excluding tert-OH is 1. The Morgan fingerprint density at radius 1 is 0.938 bits per heavy atom. The summed E-state index contributed by atoms with van der Waals surface area (Å²) in [7, 11) is -3.06. The topological polar surface area (TPSA) is 119 Å². The Balaban J connectivity index is 1.40. The van der Waals surface area contributed by atoms with Gasteiger partial charge in [-0.15, -0.1) is 0 Å². The maximum absolute atomic E-state index is 14.9. The minimum atomic E-state index is -3.06. The summed E-state index contributed by atoms with van der Waals surface area (Å²) in [6, 6.07) is 33.1. The van der Waals surface area contributed by atoms with Crippen molar-refractivity contribution in [3.63, 3.8) is 0 Å². The summed E-state index contributed by atoms with van der Waals surface area (Å²) in [6.07, 6.45) is -0.842. The first-order valence-corrected chi connectivity index (χ1v) is 19.3. The molecule has 0 aliphatic carbocycles. The first-order valence-electron chi connectivity index (χ1n) is 16.3. The standard InChI is InChI=1S/C38H41N3O6Si/c1-26-35(48(2,3)46)33(24-34(43)40(21-22-42)25-27-13-7-4-8-14-27)47-38(26)31-23-29(39-36(44)28-15-9-5-10-16-28)19-20-32(31)41(37(38)45)30-17-11-6-12-18-30/h4-20,23,26,33,35,42,46H,21-22,24-25H2,1-3H3,(H,39,44)/t26-,33+,35-,38+/m0/s1. The SMILES string of the molecule is C[C@H]1[C@H]([Si](C)(C)O)[C@@H](CC(=O)N(CCO)Cc2ccccc2)O[C@]12C(=O)N(c1ccccc1)c1ccc(NC(=O)c3ccccc3)cc12. The van der Waals surface area contributed by atoms with Gasteiger partial charge in [0.15, 0.2) is 13.9 Å². The molecule has 1 fully saturated rings. The van der Waals surface area contributed by atoms with Crippen molar-refractivity contribution in [2.45, 2.75) is 50.2 Å². The molecular weight excluding hydrogens is 623 g/mol. The van der Waals surface area contributed by atoms with Gasteiger partial charge in [-0.2, -0.15) is 0 Å². The fraction of sp³-hybridized carbons (Fsp3) is 0.289. The molecule has 9 nitrogen and oxygen atoms in total. The molecule has 4 aromatic carbocycles. The average molecular weight is 664 g/mol. The van der Waals surface area contributed by atoms with Crippen molar-refractivity contribution in [1.29, 1.82) is 0 Å². The average Bonchev–Trinajstić information content (AvgIpc) is 3.51. The van der Waals surface area contributed by atoms with E-state index in [1.54, 1.807) is 46.2 Å². The van der Waals surface area contributed by atoms with Gasteiger partial charge in [-0.3, -0.25) is 19.3 Å². The number of benzene rings is 4. The molecule has 0 saturated carbocycles. The number of hydrogen-bond acceptors (Lipinski definition) is 6. The van der Waals surface area contributed by atoms with Crippen LogP contribution in [0.5, 0.6) is 0 Å². The van der Waals surface area contributed by atoms with E-state index in [1.807, 2.05) is 92.8 Å². The molecule has 0 bridgehead atoms. The molecule has 0 unspecified atom stereocenters. The molecule has 3 N–H and O–H groups in total. The van der Waals surface area contributed by atoms with E-state index in [0.717, 1.165) is 5.56 Å². The third-order valence-corrected chi connectivity index (χ3v) is 12.0. The summed E-state index contributed by atoms with van der Waals surface area (Å²) in [5.74, 6) is -1.35. The Kier molecular flexibility index (Phi) is 9.35. The molecule has 2 aliphatic rings. The molecule has 10 heteroatoms. The van der Waals surface area contributed by atoms with Crippen LogP contribution in [0.1, 0.15) is 34.8 Å². The van der Waals surface area contributed by atoms with Gasteiger partial charge in [0.25, 0.3) is 11.8 Å². The van der Waals surface area contributed by atoms with E-state index in [1.165, 1.54) is 0 Å². The minimum Gasteiger partial charge on any atom is -0.432 e. The van der Waals surface area contributed by atoms with Gasteiger partial charge in [-0.1, -0.05) is 73.7 Å². The smallest absolute Gasteiger partial charge is 0.268 e. The Morgan fingerprint density at radius 2 is 1.56 bits per heavy atom. The monoisotopic (exact) mass is 663 g/mol. The number of nitrogens with zero attached hydrogens (tertiary/aromatic N) is 2. The lowest BCUT2D eigenvalue weighted by molar-refractivity contribution is -0.149. The largest absolute Gasteiger partial charge is 0.432 e. The van der Waals surface area contributed by atoms with Crippen molar-refractivity contribution in [1.82, 2.24) is 4.90 Å². The van der Waals surface area contributed by atoms with Crippen LogP contribution in [0.25, 0.3) is 0 Å². The van der Waals surface area contributed by atoms with Crippen molar-refractivity contribution >= 4 is 43.1 Å². The van der Waals surface area contributed by atoms with Crippen LogP contribution in [0, 0.1) is 5.92 Å². The van der Waals surface area contributed by atoms with E-state index in [-0.39, 0.29) is 37.3 Å². The van der Waals surface area contributed by atoms with Crippen LogP contribution in [-0.4, -0.2) is 60.1 Å². The Labute approximate surface area is 281 Å². The van der Waals surface area contributed by atoms with E-state index < -0.39 is 31.5 Å². The molecule has 48 heavy (non-hydrogen) atoms. The van der Waals surface area contributed by atoms with Crippen LogP contribution in [-0.2, 0) is 26.5 Å². The number of carbonyl (C=O) groups excluding carboxylic acids is 3. The molecule has 0 aromatic heterocycles. The molecule has 1 saturated heterocycles. The van der Waals surface area contributed by atoms with Crippen molar-refractivity contribution in [3.8, 4) is 0 Å². The lowest BCUT2D eigenvalue weighted by atomic mass is 9.82. The van der Waals surface area contributed by atoms with Crippen LogP contribution in [0.15, 0.2) is 109 Å². The highest BCUT2D eigenvalue weighted by Crippen LogP contribution is 2.61. The fourth-order valence-electron chi connectivity index (χ4n) is 7.42. The van der Waals surface area contributed by atoms with Crippen molar-refractivity contribution < 1.29 is 29.0 Å². The van der Waals surface area contributed by atoms with Gasteiger partial charge in [0.05, 0.1) is 24.8 Å². The lowest BCUT2D eigenvalue weighted by Gasteiger charge is -2.32. The van der Waals surface area contributed by atoms with Crippen molar-refractivity contribution in [3.05, 3.63) is 126 Å². The second-order valence-corrected chi connectivity index (χ2v) is 17.1. The maximum atomic E-state index is 14.9. The van der Waals surface area contributed by atoms with Crippen LogP contribution >= 0.6 is 0 Å². The predicted octanol–water partition coefficient (Wildman–Crippen LogP) is 5.83. The minimum absolute atomic E-state index is 0.0705. The van der Waals surface area contributed by atoms with Crippen LogP contribution in [0.3, 0.4) is 0 Å². The van der Waals surface area contributed by atoms with E-state index in [2.05, 4.69) is 5.32 Å². The van der Waals surface area contributed by atoms with Crippen molar-refractivity contribution in [2.24, 2.45) is 5.92 Å². The summed E-state index contributed by atoms with van der Waals surface area (Å²) in [6.45, 7) is 5.79. The van der Waals surface area contributed by atoms with E-state index >= 15 is 0 Å². The molecule has 4 aromatic rings. The van der Waals surface area contributed by atoms with Gasteiger partial charge in [-0.05, 0) is 61.1 Å². The maximum Gasteiger partial charge on any atom is 0.268 e. The summed E-state index contributed by atoms with van der Waals surface area (Å²) < 4.78 is 6.91. The number of carbonyl (C=O) groups is 3. The number of nitrogens with one attached hydrogen (secondary N) is 1. The third-order valence-electron chi connectivity index (χ3n) is 9.51. The molecule has 6 rings (SSSR count). The molecule has 1 spiro atoms.